The predicted molar refractivity (Wildman–Crippen MR) is 83.5 cm³/mol. The summed E-state index contributed by atoms with van der Waals surface area (Å²) < 4.78 is 4.95. The molecule has 0 unspecified atom stereocenters. The van der Waals surface area contributed by atoms with Crippen molar-refractivity contribution >= 4 is 23.6 Å². The van der Waals surface area contributed by atoms with Crippen molar-refractivity contribution in [2.24, 2.45) is 0 Å². The minimum absolute atomic E-state index is 0.125. The Morgan fingerprint density at radius 1 is 1.48 bits per heavy atom. The summed E-state index contributed by atoms with van der Waals surface area (Å²) in [5, 5.41) is 12.2. The van der Waals surface area contributed by atoms with E-state index in [1.54, 1.807) is 25.1 Å². The first-order valence-electron chi connectivity index (χ1n) is 6.54. The van der Waals surface area contributed by atoms with Crippen LogP contribution in [-0.2, 0) is 9.53 Å². The highest BCUT2D eigenvalue weighted by Gasteiger charge is 2.23. The van der Waals surface area contributed by atoms with Crippen LogP contribution < -0.4 is 5.32 Å². The number of rotatable bonds is 8. The molecule has 6 heteroatoms. The van der Waals surface area contributed by atoms with E-state index in [1.807, 2.05) is 0 Å². The number of aromatic hydroxyl groups is 1. The van der Waals surface area contributed by atoms with Gasteiger partial charge in [0.1, 0.15) is 11.8 Å². The van der Waals surface area contributed by atoms with Crippen molar-refractivity contribution in [1.29, 1.82) is 0 Å². The molecule has 0 aliphatic heterocycles. The number of phenols is 1. The lowest BCUT2D eigenvalue weighted by molar-refractivity contribution is -0.144. The number of phenolic OH excluding ortho intramolecular Hbond substituents is 1. The molecule has 5 nitrogen and oxygen atoms in total. The zero-order valence-corrected chi connectivity index (χ0v) is 12.7. The minimum Gasteiger partial charge on any atom is -0.507 e. The van der Waals surface area contributed by atoms with E-state index in [0.29, 0.717) is 11.5 Å². The smallest absolute Gasteiger partial charge is 0.329 e. The van der Waals surface area contributed by atoms with Crippen LogP contribution in [0.5, 0.6) is 5.75 Å². The highest BCUT2D eigenvalue weighted by atomic mass is 32.2. The number of nitrogens with one attached hydrogen (secondary N) is 1. The molecule has 1 amide bonds. The SMILES string of the molecule is C=CCSC[C@H](NC(=O)c1ccccc1O)C(=O)OCC. The van der Waals surface area contributed by atoms with Gasteiger partial charge in [-0.15, -0.1) is 6.58 Å². The second-order valence-electron chi connectivity index (χ2n) is 4.12. The number of hydrogen-bond donors (Lipinski definition) is 2. The average molecular weight is 309 g/mol. The van der Waals surface area contributed by atoms with Crippen LogP contribution in [0.4, 0.5) is 0 Å². The first kappa shape index (κ1) is 17.1. The summed E-state index contributed by atoms with van der Waals surface area (Å²) in [6.07, 6.45) is 1.72. The molecule has 1 rings (SSSR count). The summed E-state index contributed by atoms with van der Waals surface area (Å²) in [6, 6.07) is 5.40. The Morgan fingerprint density at radius 2 is 2.19 bits per heavy atom. The zero-order valence-electron chi connectivity index (χ0n) is 11.9. The lowest BCUT2D eigenvalue weighted by Gasteiger charge is -2.17. The summed E-state index contributed by atoms with van der Waals surface area (Å²) in [4.78, 5) is 24.0. The Kier molecular flexibility index (Phi) is 7.39. The summed E-state index contributed by atoms with van der Waals surface area (Å²) >= 11 is 1.46. The number of para-hydroxylation sites is 1. The third-order valence-electron chi connectivity index (χ3n) is 2.55. The largest absolute Gasteiger partial charge is 0.507 e. The van der Waals surface area contributed by atoms with Crippen LogP contribution in [0.3, 0.4) is 0 Å². The molecule has 114 valence electrons. The number of ether oxygens (including phenoxy) is 1. The molecule has 0 bridgehead atoms. The number of amides is 1. The molecule has 1 atom stereocenters. The van der Waals surface area contributed by atoms with E-state index in [4.69, 9.17) is 4.74 Å². The van der Waals surface area contributed by atoms with E-state index in [1.165, 1.54) is 23.9 Å². The molecule has 0 saturated heterocycles. The molecule has 21 heavy (non-hydrogen) atoms. The van der Waals surface area contributed by atoms with Crippen LogP contribution >= 0.6 is 11.8 Å². The summed E-state index contributed by atoms with van der Waals surface area (Å²) in [6.45, 7) is 5.55. The molecule has 0 aliphatic carbocycles. The fraction of sp³-hybridized carbons (Fsp3) is 0.333. The van der Waals surface area contributed by atoms with Gasteiger partial charge in [0.25, 0.3) is 5.91 Å². The van der Waals surface area contributed by atoms with Gasteiger partial charge in [-0.3, -0.25) is 4.79 Å². The molecule has 0 heterocycles. The lowest BCUT2D eigenvalue weighted by atomic mass is 10.2. The monoisotopic (exact) mass is 309 g/mol. The number of carbonyl (C=O) groups is 2. The van der Waals surface area contributed by atoms with Crippen molar-refractivity contribution in [1.82, 2.24) is 5.32 Å². The third kappa shape index (κ3) is 5.51. The molecular formula is C15H19NO4S. The average Bonchev–Trinajstić information content (AvgIpc) is 2.47. The van der Waals surface area contributed by atoms with E-state index in [0.717, 1.165) is 0 Å². The fourth-order valence-corrected chi connectivity index (χ4v) is 2.34. The Bertz CT molecular complexity index is 504. The lowest BCUT2D eigenvalue weighted by Crippen LogP contribution is -2.43. The first-order chi connectivity index (χ1) is 10.1. The molecular weight excluding hydrogens is 290 g/mol. The normalized spacial score (nSPS) is 11.5. The van der Waals surface area contributed by atoms with Gasteiger partial charge in [0.05, 0.1) is 12.2 Å². The topological polar surface area (TPSA) is 75.6 Å². The number of carbonyl (C=O) groups excluding carboxylic acids is 2. The number of benzene rings is 1. The quantitative estimate of drug-likeness (QED) is 0.436. The van der Waals surface area contributed by atoms with Gasteiger partial charge in [-0.2, -0.15) is 11.8 Å². The van der Waals surface area contributed by atoms with Crippen molar-refractivity contribution in [3.63, 3.8) is 0 Å². The van der Waals surface area contributed by atoms with Crippen molar-refractivity contribution in [2.45, 2.75) is 13.0 Å². The zero-order chi connectivity index (χ0) is 15.7. The summed E-state index contributed by atoms with van der Waals surface area (Å²) in [7, 11) is 0. The van der Waals surface area contributed by atoms with Crippen molar-refractivity contribution < 1.29 is 19.4 Å². The van der Waals surface area contributed by atoms with E-state index >= 15 is 0 Å². The van der Waals surface area contributed by atoms with Crippen LogP contribution in [0.25, 0.3) is 0 Å². The summed E-state index contributed by atoms with van der Waals surface area (Å²) in [5.41, 5.74) is 0.125. The molecule has 0 fully saturated rings. The fourth-order valence-electron chi connectivity index (χ4n) is 1.58. The van der Waals surface area contributed by atoms with Gasteiger partial charge in [-0.05, 0) is 19.1 Å². The van der Waals surface area contributed by atoms with Crippen LogP contribution in [0.1, 0.15) is 17.3 Å². The molecule has 1 aromatic rings. The molecule has 2 N–H and O–H groups in total. The third-order valence-corrected chi connectivity index (χ3v) is 3.59. The summed E-state index contributed by atoms with van der Waals surface area (Å²) in [5.74, 6) is -0.0773. The van der Waals surface area contributed by atoms with Gasteiger partial charge >= 0.3 is 5.97 Å². The second kappa shape index (κ2) is 9.07. The highest BCUT2D eigenvalue weighted by molar-refractivity contribution is 7.99. The van der Waals surface area contributed by atoms with Crippen molar-refractivity contribution in [2.75, 3.05) is 18.1 Å². The van der Waals surface area contributed by atoms with Crippen LogP contribution in [0.2, 0.25) is 0 Å². The maximum absolute atomic E-state index is 12.1. The van der Waals surface area contributed by atoms with E-state index in [2.05, 4.69) is 11.9 Å². The molecule has 0 aromatic heterocycles. The van der Waals surface area contributed by atoms with Crippen molar-refractivity contribution in [3.05, 3.63) is 42.5 Å². The van der Waals surface area contributed by atoms with Gasteiger partial charge in [0.15, 0.2) is 0 Å². The van der Waals surface area contributed by atoms with Gasteiger partial charge in [-0.25, -0.2) is 4.79 Å². The van der Waals surface area contributed by atoms with E-state index in [-0.39, 0.29) is 17.9 Å². The maximum Gasteiger partial charge on any atom is 0.329 e. The minimum atomic E-state index is -0.762. The predicted octanol–water partition coefficient (Wildman–Crippen LogP) is 1.97. The van der Waals surface area contributed by atoms with Gasteiger partial charge < -0.3 is 15.2 Å². The maximum atomic E-state index is 12.1. The second-order valence-corrected chi connectivity index (χ2v) is 5.20. The highest BCUT2D eigenvalue weighted by Crippen LogP contribution is 2.16. The molecule has 0 spiro atoms. The molecule has 0 aliphatic rings. The molecule has 0 radical (unpaired) electrons. The van der Waals surface area contributed by atoms with Crippen LogP contribution in [0.15, 0.2) is 36.9 Å². The van der Waals surface area contributed by atoms with Gasteiger partial charge in [-0.1, -0.05) is 18.2 Å². The Balaban J connectivity index is 2.75. The van der Waals surface area contributed by atoms with Crippen molar-refractivity contribution in [3.8, 4) is 5.75 Å². The number of esters is 1. The van der Waals surface area contributed by atoms with Gasteiger partial charge in [0.2, 0.25) is 0 Å². The number of hydrogen-bond acceptors (Lipinski definition) is 5. The Hall–Kier alpha value is -1.95. The van der Waals surface area contributed by atoms with Crippen LogP contribution in [0, 0.1) is 0 Å². The van der Waals surface area contributed by atoms with Crippen LogP contribution in [-0.4, -0.2) is 41.1 Å². The van der Waals surface area contributed by atoms with E-state index < -0.39 is 17.9 Å². The molecule has 1 aromatic carbocycles. The Morgan fingerprint density at radius 3 is 2.81 bits per heavy atom. The first-order valence-corrected chi connectivity index (χ1v) is 7.69. The van der Waals surface area contributed by atoms with E-state index in [9.17, 15) is 14.7 Å². The Labute approximate surface area is 128 Å². The molecule has 0 saturated carbocycles. The standard InChI is InChI=1S/C15H19NO4S/c1-3-9-21-10-12(15(19)20-4-2)16-14(18)11-7-5-6-8-13(11)17/h3,5-8,12,17H,1,4,9-10H2,2H3,(H,16,18)/t12-/m0/s1. The van der Waals surface area contributed by atoms with Gasteiger partial charge in [0, 0.05) is 11.5 Å². The number of thioether (sulfide) groups is 1.